The van der Waals surface area contributed by atoms with Crippen molar-refractivity contribution in [2.24, 2.45) is 23.7 Å². The highest BCUT2D eigenvalue weighted by molar-refractivity contribution is 5.76. The predicted molar refractivity (Wildman–Crippen MR) is 113 cm³/mol. The van der Waals surface area contributed by atoms with Crippen LogP contribution in [0.15, 0.2) is 0 Å². The van der Waals surface area contributed by atoms with Crippen LogP contribution < -0.4 is 0 Å². The van der Waals surface area contributed by atoms with Gasteiger partial charge in [-0.25, -0.2) is 0 Å². The van der Waals surface area contributed by atoms with Crippen LogP contribution >= 0.6 is 0 Å². The van der Waals surface area contributed by atoms with Crippen molar-refractivity contribution in [3.63, 3.8) is 0 Å². The molecule has 170 valence electrons. The van der Waals surface area contributed by atoms with E-state index in [9.17, 15) is 4.79 Å². The molecule has 3 aliphatic carbocycles. The molecule has 0 radical (unpaired) electrons. The molecule has 30 heavy (non-hydrogen) atoms. The fraction of sp³-hybridized carbons (Fsp3) is 0.958. The van der Waals surface area contributed by atoms with E-state index < -0.39 is 11.6 Å². The third-order valence-electron chi connectivity index (χ3n) is 8.79. The topological polar surface area (TPSA) is 51.2 Å². The molecule has 5 aliphatic rings. The van der Waals surface area contributed by atoms with E-state index in [1.165, 1.54) is 32.1 Å². The smallest absolute Gasteiger partial charge is 0.222 e. The molecule has 0 aromatic carbocycles. The lowest BCUT2D eigenvalue weighted by atomic mass is 9.63. The van der Waals surface area contributed by atoms with Crippen molar-refractivity contribution in [1.82, 2.24) is 9.80 Å². The molecule has 3 saturated carbocycles. The molecule has 2 heterocycles. The van der Waals surface area contributed by atoms with Gasteiger partial charge in [0.2, 0.25) is 17.5 Å². The van der Waals surface area contributed by atoms with E-state index in [0.29, 0.717) is 30.1 Å². The first-order valence-electron chi connectivity index (χ1n) is 12.6. The number of piperazine rings is 1. The molecule has 3 unspecified atom stereocenters. The van der Waals surface area contributed by atoms with Crippen molar-refractivity contribution in [2.45, 2.75) is 89.1 Å². The highest BCUT2D eigenvalue weighted by Crippen LogP contribution is 2.58. The number of carbonyl (C=O) groups is 1. The molecular weight excluding hydrogens is 380 g/mol. The quantitative estimate of drug-likeness (QED) is 0.647. The fourth-order valence-corrected chi connectivity index (χ4v) is 7.07. The number of fused-ring (bicyclic) bond motifs is 3. The van der Waals surface area contributed by atoms with Gasteiger partial charge in [0, 0.05) is 57.3 Å². The van der Waals surface area contributed by atoms with Gasteiger partial charge in [-0.3, -0.25) is 4.79 Å². The first kappa shape index (κ1) is 21.2. The molecule has 5 fully saturated rings. The Hall–Kier alpha value is -0.690. The van der Waals surface area contributed by atoms with E-state index in [4.69, 9.17) is 14.5 Å². The average molecular weight is 421 g/mol. The number of ether oxygens (including phenoxy) is 1. The molecule has 0 aromatic heterocycles. The van der Waals surface area contributed by atoms with Crippen LogP contribution in [0.3, 0.4) is 0 Å². The van der Waals surface area contributed by atoms with Gasteiger partial charge in [-0.2, -0.15) is 9.78 Å². The molecule has 0 aromatic rings. The van der Waals surface area contributed by atoms with Crippen LogP contribution in [0, 0.1) is 23.7 Å². The van der Waals surface area contributed by atoms with Crippen molar-refractivity contribution >= 4 is 5.91 Å². The van der Waals surface area contributed by atoms with Crippen LogP contribution in [0.5, 0.6) is 0 Å². The van der Waals surface area contributed by atoms with E-state index in [1.807, 2.05) is 4.90 Å². The van der Waals surface area contributed by atoms with Crippen molar-refractivity contribution < 1.29 is 19.3 Å². The highest BCUT2D eigenvalue weighted by Gasteiger charge is 2.63. The zero-order valence-corrected chi connectivity index (χ0v) is 18.9. The van der Waals surface area contributed by atoms with Crippen LogP contribution in [-0.2, 0) is 19.3 Å². The van der Waals surface area contributed by atoms with Gasteiger partial charge >= 0.3 is 0 Å². The summed E-state index contributed by atoms with van der Waals surface area (Å²) in [5.41, 5.74) is 0. The van der Waals surface area contributed by atoms with E-state index in [0.717, 1.165) is 64.2 Å². The molecule has 6 heteroatoms. The largest absolute Gasteiger partial charge is 0.340 e. The van der Waals surface area contributed by atoms with Crippen LogP contribution in [0.25, 0.3) is 0 Å². The van der Waals surface area contributed by atoms with Gasteiger partial charge in [0.05, 0.1) is 0 Å². The number of rotatable bonds is 3. The summed E-state index contributed by atoms with van der Waals surface area (Å²) >= 11 is 0. The summed E-state index contributed by atoms with van der Waals surface area (Å²) in [7, 11) is 2.13. The van der Waals surface area contributed by atoms with Gasteiger partial charge in [0.25, 0.3) is 0 Å². The Kier molecular flexibility index (Phi) is 5.89. The first-order valence-corrected chi connectivity index (χ1v) is 12.6. The maximum absolute atomic E-state index is 12.9. The second-order valence-electron chi connectivity index (χ2n) is 10.8. The molecule has 6 atom stereocenters. The van der Waals surface area contributed by atoms with Gasteiger partial charge < -0.3 is 14.5 Å². The van der Waals surface area contributed by atoms with Crippen LogP contribution in [0.2, 0.25) is 0 Å². The maximum Gasteiger partial charge on any atom is 0.222 e. The Morgan fingerprint density at radius 3 is 2.67 bits per heavy atom. The summed E-state index contributed by atoms with van der Waals surface area (Å²) in [6.45, 7) is 5.93. The summed E-state index contributed by atoms with van der Waals surface area (Å²) in [6, 6.07) is 0. The predicted octanol–water partition coefficient (Wildman–Crippen LogP) is 3.95. The molecule has 2 aliphatic heterocycles. The van der Waals surface area contributed by atoms with Crippen LogP contribution in [0.4, 0.5) is 0 Å². The van der Waals surface area contributed by atoms with Crippen LogP contribution in [0.1, 0.15) is 77.6 Å². The molecule has 2 saturated heterocycles. The first-order chi connectivity index (χ1) is 14.5. The molecule has 2 bridgehead atoms. The number of carbonyl (C=O) groups excluding carboxylic acids is 1. The van der Waals surface area contributed by atoms with E-state index in [1.54, 1.807) is 0 Å². The van der Waals surface area contributed by atoms with Crippen molar-refractivity contribution in [3.8, 4) is 0 Å². The second kappa shape index (κ2) is 8.34. The molecule has 0 N–H and O–H groups in total. The zero-order valence-electron chi connectivity index (χ0n) is 18.9. The highest BCUT2D eigenvalue weighted by atomic mass is 17.3. The maximum atomic E-state index is 12.9. The summed E-state index contributed by atoms with van der Waals surface area (Å²) in [5.74, 6) is 1.17. The third kappa shape index (κ3) is 3.82. The molecule has 6 nitrogen and oxygen atoms in total. The number of amides is 1. The molecule has 2 spiro atoms. The number of likely N-dealkylation sites (N-methyl/N-ethyl adjacent to an activating group) is 1. The van der Waals surface area contributed by atoms with E-state index in [2.05, 4.69) is 18.9 Å². The summed E-state index contributed by atoms with van der Waals surface area (Å²) in [4.78, 5) is 29.6. The summed E-state index contributed by atoms with van der Waals surface area (Å²) in [6.07, 6.45) is 11.8. The molecular formula is C24H40N2O4. The fourth-order valence-electron chi connectivity index (χ4n) is 7.07. The van der Waals surface area contributed by atoms with E-state index >= 15 is 0 Å². The summed E-state index contributed by atoms with van der Waals surface area (Å²) in [5, 5.41) is 0. The normalized spacial score (nSPS) is 44.7. The van der Waals surface area contributed by atoms with Gasteiger partial charge in [-0.15, -0.1) is 0 Å². The van der Waals surface area contributed by atoms with Gasteiger partial charge in [-0.1, -0.05) is 19.8 Å². The minimum absolute atomic E-state index is 0.304. The minimum Gasteiger partial charge on any atom is -0.340 e. The monoisotopic (exact) mass is 420 g/mol. The van der Waals surface area contributed by atoms with E-state index in [-0.39, 0.29) is 0 Å². The SMILES string of the molecule is CCC1CC2CCCC(C2)[C@@]12OO[C@@]1(CCC[C@@H](CC(=O)N3CCN(C)CC3)C1)O2. The Balaban J connectivity index is 1.25. The Labute approximate surface area is 181 Å². The van der Waals surface area contributed by atoms with Crippen molar-refractivity contribution in [2.75, 3.05) is 33.2 Å². The van der Waals surface area contributed by atoms with Crippen LogP contribution in [-0.4, -0.2) is 60.5 Å². The van der Waals surface area contributed by atoms with Gasteiger partial charge in [-0.05, 0) is 57.4 Å². The zero-order chi connectivity index (χ0) is 20.8. The average Bonchev–Trinajstić information content (AvgIpc) is 3.11. The molecule has 1 amide bonds. The lowest BCUT2D eigenvalue weighted by Gasteiger charge is -2.50. The lowest BCUT2D eigenvalue weighted by Crippen LogP contribution is -2.54. The number of hydrogen-bond donors (Lipinski definition) is 0. The van der Waals surface area contributed by atoms with Crippen molar-refractivity contribution in [3.05, 3.63) is 0 Å². The number of nitrogens with zero attached hydrogens (tertiary/aromatic N) is 2. The van der Waals surface area contributed by atoms with Crippen molar-refractivity contribution in [1.29, 1.82) is 0 Å². The Morgan fingerprint density at radius 2 is 1.87 bits per heavy atom. The van der Waals surface area contributed by atoms with Gasteiger partial charge in [0.15, 0.2) is 0 Å². The summed E-state index contributed by atoms with van der Waals surface area (Å²) < 4.78 is 6.90. The molecule has 5 rings (SSSR count). The standard InChI is InChI=1S/C24H40N2O4/c1-3-20-14-18-6-4-8-21(15-18)24(20)28-23(29-30-24)9-5-7-19(17-23)16-22(27)26-12-10-25(2)11-13-26/h18-21H,3-17H2,1-2H3/t18?,19-,20?,21?,23+,24-/m0/s1. The van der Waals surface area contributed by atoms with Gasteiger partial charge in [0.1, 0.15) is 0 Å². The number of hydrogen-bond acceptors (Lipinski definition) is 5. The minimum atomic E-state index is -0.636. The third-order valence-corrected chi connectivity index (χ3v) is 8.79. The Bertz CT molecular complexity index is 633. The second-order valence-corrected chi connectivity index (χ2v) is 10.8. The Morgan fingerprint density at radius 1 is 1.03 bits per heavy atom. The lowest BCUT2D eigenvalue weighted by molar-refractivity contribution is -0.381.